The van der Waals surface area contributed by atoms with Gasteiger partial charge in [-0.2, -0.15) is 0 Å². The standard InChI is InChI=1S/C16H21NO2/c1-17-8-2-3-13(10-17)11-4-6-12(7-5-11)14-9-15(14)16(18)19/h4-7,13-15H,2-3,8-10H2,1H3,(H,18,19). The summed E-state index contributed by atoms with van der Waals surface area (Å²) < 4.78 is 0. The zero-order chi connectivity index (χ0) is 13.4. The summed E-state index contributed by atoms with van der Waals surface area (Å²) >= 11 is 0. The molecule has 19 heavy (non-hydrogen) atoms. The first-order chi connectivity index (χ1) is 9.15. The van der Waals surface area contributed by atoms with Crippen molar-refractivity contribution in [1.82, 2.24) is 4.90 Å². The molecule has 1 saturated heterocycles. The van der Waals surface area contributed by atoms with Crippen molar-refractivity contribution in [3.8, 4) is 0 Å². The van der Waals surface area contributed by atoms with Gasteiger partial charge in [-0.15, -0.1) is 0 Å². The average molecular weight is 259 g/mol. The van der Waals surface area contributed by atoms with Crippen molar-refractivity contribution in [1.29, 1.82) is 0 Å². The maximum absolute atomic E-state index is 10.9. The Morgan fingerprint density at radius 2 is 1.95 bits per heavy atom. The van der Waals surface area contributed by atoms with Crippen LogP contribution in [0.4, 0.5) is 0 Å². The molecule has 3 heteroatoms. The molecule has 2 aliphatic rings. The molecular weight excluding hydrogens is 238 g/mol. The molecular formula is C16H21NO2. The van der Waals surface area contributed by atoms with Crippen molar-refractivity contribution in [2.75, 3.05) is 20.1 Å². The van der Waals surface area contributed by atoms with Gasteiger partial charge in [0.1, 0.15) is 0 Å². The van der Waals surface area contributed by atoms with Crippen molar-refractivity contribution < 1.29 is 9.90 Å². The molecule has 0 bridgehead atoms. The maximum atomic E-state index is 10.9. The van der Waals surface area contributed by atoms with E-state index < -0.39 is 5.97 Å². The Bertz CT molecular complexity index is 468. The van der Waals surface area contributed by atoms with E-state index >= 15 is 0 Å². The van der Waals surface area contributed by atoms with Gasteiger partial charge in [-0.1, -0.05) is 24.3 Å². The van der Waals surface area contributed by atoms with Gasteiger partial charge in [-0.25, -0.2) is 0 Å². The van der Waals surface area contributed by atoms with Crippen LogP contribution in [0, 0.1) is 5.92 Å². The molecule has 2 fully saturated rings. The molecule has 0 spiro atoms. The van der Waals surface area contributed by atoms with Gasteiger partial charge in [0.25, 0.3) is 0 Å². The monoisotopic (exact) mass is 259 g/mol. The van der Waals surface area contributed by atoms with Crippen LogP contribution in [0.25, 0.3) is 0 Å². The van der Waals surface area contributed by atoms with Gasteiger partial charge in [0.15, 0.2) is 0 Å². The number of carboxylic acid groups (broad SMARTS) is 1. The number of hydrogen-bond donors (Lipinski definition) is 1. The highest BCUT2D eigenvalue weighted by atomic mass is 16.4. The number of rotatable bonds is 3. The number of likely N-dealkylation sites (N-methyl/N-ethyl adjacent to an activating group) is 1. The third kappa shape index (κ3) is 2.66. The summed E-state index contributed by atoms with van der Waals surface area (Å²) in [6.07, 6.45) is 3.35. The number of piperidine rings is 1. The summed E-state index contributed by atoms with van der Waals surface area (Å²) in [6.45, 7) is 2.34. The van der Waals surface area contributed by atoms with Gasteiger partial charge < -0.3 is 10.0 Å². The zero-order valence-electron chi connectivity index (χ0n) is 11.4. The van der Waals surface area contributed by atoms with Crippen LogP contribution < -0.4 is 0 Å². The minimum atomic E-state index is -0.650. The van der Waals surface area contributed by atoms with Crippen molar-refractivity contribution >= 4 is 5.97 Å². The lowest BCUT2D eigenvalue weighted by molar-refractivity contribution is -0.138. The van der Waals surface area contributed by atoms with Gasteiger partial charge in [0.2, 0.25) is 0 Å². The van der Waals surface area contributed by atoms with Gasteiger partial charge in [0.05, 0.1) is 5.92 Å². The van der Waals surface area contributed by atoms with Crippen molar-refractivity contribution in [3.05, 3.63) is 35.4 Å². The molecule has 1 saturated carbocycles. The molecule has 0 radical (unpaired) electrons. The lowest BCUT2D eigenvalue weighted by Gasteiger charge is -2.30. The fourth-order valence-electron chi connectivity index (χ4n) is 3.29. The number of nitrogens with zero attached hydrogens (tertiary/aromatic N) is 1. The van der Waals surface area contributed by atoms with E-state index in [4.69, 9.17) is 5.11 Å². The number of hydrogen-bond acceptors (Lipinski definition) is 2. The molecule has 3 rings (SSSR count). The Labute approximate surface area is 114 Å². The Morgan fingerprint density at radius 1 is 1.26 bits per heavy atom. The van der Waals surface area contributed by atoms with Crippen LogP contribution >= 0.6 is 0 Å². The summed E-state index contributed by atoms with van der Waals surface area (Å²) in [6, 6.07) is 8.68. The molecule has 0 amide bonds. The van der Waals surface area contributed by atoms with E-state index in [0.717, 1.165) is 13.0 Å². The second-order valence-corrected chi connectivity index (χ2v) is 6.05. The zero-order valence-corrected chi connectivity index (χ0v) is 11.4. The molecule has 1 N–H and O–H groups in total. The normalized spacial score (nSPS) is 31.1. The predicted molar refractivity (Wildman–Crippen MR) is 74.4 cm³/mol. The summed E-state index contributed by atoms with van der Waals surface area (Å²) in [5.41, 5.74) is 2.60. The summed E-state index contributed by atoms with van der Waals surface area (Å²) in [7, 11) is 2.18. The SMILES string of the molecule is CN1CCCC(c2ccc(C3CC3C(=O)O)cc2)C1. The quantitative estimate of drug-likeness (QED) is 0.907. The fraction of sp³-hybridized carbons (Fsp3) is 0.562. The van der Waals surface area contributed by atoms with Gasteiger partial charge in [0, 0.05) is 6.54 Å². The van der Waals surface area contributed by atoms with Crippen molar-refractivity contribution in [2.24, 2.45) is 5.92 Å². The van der Waals surface area contributed by atoms with Crippen LogP contribution in [0.15, 0.2) is 24.3 Å². The van der Waals surface area contributed by atoms with E-state index in [1.807, 2.05) is 0 Å². The lowest BCUT2D eigenvalue weighted by Crippen LogP contribution is -2.30. The first-order valence-electron chi connectivity index (χ1n) is 7.16. The van der Waals surface area contributed by atoms with E-state index in [9.17, 15) is 4.79 Å². The minimum Gasteiger partial charge on any atom is -0.481 e. The van der Waals surface area contributed by atoms with E-state index in [1.165, 1.54) is 30.5 Å². The summed E-state index contributed by atoms with van der Waals surface area (Å²) in [5.74, 6) is 0.0949. The van der Waals surface area contributed by atoms with E-state index in [-0.39, 0.29) is 11.8 Å². The molecule has 3 atom stereocenters. The third-order valence-corrected chi connectivity index (χ3v) is 4.57. The minimum absolute atomic E-state index is 0.147. The number of carboxylic acids is 1. The van der Waals surface area contributed by atoms with Crippen LogP contribution in [0.3, 0.4) is 0 Å². The third-order valence-electron chi connectivity index (χ3n) is 4.57. The van der Waals surface area contributed by atoms with Gasteiger partial charge in [-0.3, -0.25) is 4.79 Å². The molecule has 3 nitrogen and oxygen atoms in total. The van der Waals surface area contributed by atoms with Crippen LogP contribution in [-0.4, -0.2) is 36.1 Å². The molecule has 1 aliphatic heterocycles. The highest BCUT2D eigenvalue weighted by Crippen LogP contribution is 2.47. The average Bonchev–Trinajstić information content (AvgIpc) is 3.19. The summed E-state index contributed by atoms with van der Waals surface area (Å²) in [5, 5.41) is 8.97. The van der Waals surface area contributed by atoms with Crippen LogP contribution in [-0.2, 0) is 4.79 Å². The maximum Gasteiger partial charge on any atom is 0.307 e. The van der Waals surface area contributed by atoms with Crippen LogP contribution in [0.1, 0.15) is 42.2 Å². The first kappa shape index (κ1) is 12.7. The highest BCUT2D eigenvalue weighted by Gasteiger charge is 2.44. The molecule has 102 valence electrons. The molecule has 1 aromatic rings. The molecule has 1 aliphatic carbocycles. The van der Waals surface area contributed by atoms with Crippen LogP contribution in [0.5, 0.6) is 0 Å². The van der Waals surface area contributed by atoms with Crippen molar-refractivity contribution in [3.63, 3.8) is 0 Å². The molecule has 1 aromatic carbocycles. The smallest absolute Gasteiger partial charge is 0.307 e. The molecule has 3 unspecified atom stereocenters. The second kappa shape index (κ2) is 4.97. The van der Waals surface area contributed by atoms with E-state index in [1.54, 1.807) is 0 Å². The van der Waals surface area contributed by atoms with Gasteiger partial charge >= 0.3 is 5.97 Å². The molecule has 1 heterocycles. The Kier molecular flexibility index (Phi) is 3.31. The predicted octanol–water partition coefficient (Wildman–Crippen LogP) is 2.68. The Balaban J connectivity index is 1.68. The van der Waals surface area contributed by atoms with Crippen molar-refractivity contribution in [2.45, 2.75) is 31.1 Å². The number of aliphatic carboxylic acids is 1. The lowest BCUT2D eigenvalue weighted by atomic mass is 9.90. The summed E-state index contributed by atoms with van der Waals surface area (Å²) in [4.78, 5) is 13.3. The number of carbonyl (C=O) groups is 1. The topological polar surface area (TPSA) is 40.5 Å². The fourth-order valence-corrected chi connectivity index (χ4v) is 3.29. The van der Waals surface area contributed by atoms with Crippen LogP contribution in [0.2, 0.25) is 0 Å². The second-order valence-electron chi connectivity index (χ2n) is 6.05. The Hall–Kier alpha value is -1.35. The number of benzene rings is 1. The van der Waals surface area contributed by atoms with E-state index in [2.05, 4.69) is 36.2 Å². The molecule has 0 aromatic heterocycles. The largest absolute Gasteiger partial charge is 0.481 e. The first-order valence-corrected chi connectivity index (χ1v) is 7.16. The van der Waals surface area contributed by atoms with Gasteiger partial charge in [-0.05, 0) is 55.8 Å². The Morgan fingerprint density at radius 3 is 2.53 bits per heavy atom. The number of likely N-dealkylation sites (tertiary alicyclic amines) is 1. The highest BCUT2D eigenvalue weighted by molar-refractivity contribution is 5.75. The van der Waals surface area contributed by atoms with E-state index in [0.29, 0.717) is 5.92 Å².